The molecule has 5 rings (SSSR count). The van der Waals surface area contributed by atoms with E-state index < -0.39 is 40.2 Å². The minimum atomic E-state index is -1.37. The standard InChI is InChI=1S/C26H18Cl6FN3O3/c1-10(37)34-13-3-5-19(18(33)9-13)36-25-23(39-25)14-8-12(2-4-15(14)27)35-24(38)21-20(26(21,31)32)11-6-16(28)22(30)17(29)7-11/h2-9,20-21,23,25,36H,1H3,(H,34,37)(H,35,38). The van der Waals surface area contributed by atoms with Gasteiger partial charge >= 0.3 is 0 Å². The molecule has 13 heteroatoms. The maximum atomic E-state index is 14.5. The van der Waals surface area contributed by atoms with Crippen LogP contribution in [0.5, 0.6) is 0 Å². The minimum absolute atomic E-state index is 0.194. The molecule has 1 aliphatic carbocycles. The molecule has 204 valence electrons. The zero-order chi connectivity index (χ0) is 28.2. The van der Waals surface area contributed by atoms with Crippen molar-refractivity contribution in [1.82, 2.24) is 0 Å². The Morgan fingerprint density at radius 2 is 1.54 bits per heavy atom. The number of hydrogen-bond donors (Lipinski definition) is 3. The topological polar surface area (TPSA) is 82.8 Å². The lowest BCUT2D eigenvalue weighted by Crippen LogP contribution is -2.17. The van der Waals surface area contributed by atoms with Crippen molar-refractivity contribution in [3.8, 4) is 0 Å². The van der Waals surface area contributed by atoms with Gasteiger partial charge in [0, 0.05) is 34.8 Å². The molecule has 1 aliphatic heterocycles. The Morgan fingerprint density at radius 1 is 0.897 bits per heavy atom. The fraction of sp³-hybridized carbons (Fsp3) is 0.231. The van der Waals surface area contributed by atoms with Crippen LogP contribution in [0.25, 0.3) is 0 Å². The predicted octanol–water partition coefficient (Wildman–Crippen LogP) is 8.43. The molecule has 3 N–H and O–H groups in total. The van der Waals surface area contributed by atoms with Gasteiger partial charge in [-0.1, -0.05) is 46.4 Å². The van der Waals surface area contributed by atoms with Crippen molar-refractivity contribution in [3.63, 3.8) is 0 Å². The Morgan fingerprint density at radius 3 is 2.18 bits per heavy atom. The van der Waals surface area contributed by atoms with Gasteiger partial charge in [-0.15, -0.1) is 23.2 Å². The lowest BCUT2D eigenvalue weighted by molar-refractivity contribution is -0.117. The van der Waals surface area contributed by atoms with Crippen molar-refractivity contribution in [2.75, 3.05) is 16.0 Å². The smallest absolute Gasteiger partial charge is 0.231 e. The van der Waals surface area contributed by atoms with Crippen molar-refractivity contribution in [1.29, 1.82) is 0 Å². The highest BCUT2D eigenvalue weighted by Gasteiger charge is 2.67. The van der Waals surface area contributed by atoms with E-state index in [4.69, 9.17) is 74.3 Å². The van der Waals surface area contributed by atoms with Crippen LogP contribution < -0.4 is 16.0 Å². The molecule has 4 unspecified atom stereocenters. The van der Waals surface area contributed by atoms with E-state index >= 15 is 0 Å². The maximum Gasteiger partial charge on any atom is 0.231 e. The summed E-state index contributed by atoms with van der Waals surface area (Å²) in [5.74, 6) is -2.60. The van der Waals surface area contributed by atoms with Gasteiger partial charge in [-0.05, 0) is 54.1 Å². The molecule has 1 saturated carbocycles. The van der Waals surface area contributed by atoms with Gasteiger partial charge < -0.3 is 20.7 Å². The molecule has 0 radical (unpaired) electrons. The lowest BCUT2D eigenvalue weighted by Gasteiger charge is -2.10. The van der Waals surface area contributed by atoms with Crippen LogP contribution in [0.1, 0.15) is 30.1 Å². The van der Waals surface area contributed by atoms with E-state index in [0.29, 0.717) is 27.5 Å². The first-order valence-electron chi connectivity index (χ1n) is 11.5. The van der Waals surface area contributed by atoms with Gasteiger partial charge in [-0.3, -0.25) is 9.59 Å². The number of anilines is 3. The van der Waals surface area contributed by atoms with Crippen molar-refractivity contribution >= 4 is 98.5 Å². The molecule has 0 bridgehead atoms. The number of halogens is 7. The van der Waals surface area contributed by atoms with Crippen molar-refractivity contribution in [3.05, 3.63) is 85.6 Å². The fourth-order valence-electron chi connectivity index (χ4n) is 4.41. The van der Waals surface area contributed by atoms with Gasteiger partial charge in [0.15, 0.2) is 6.23 Å². The van der Waals surface area contributed by atoms with E-state index in [1.807, 2.05) is 0 Å². The highest BCUT2D eigenvalue weighted by molar-refractivity contribution is 6.54. The second kappa shape index (κ2) is 10.8. The van der Waals surface area contributed by atoms with Crippen LogP contribution in [0, 0.1) is 11.7 Å². The van der Waals surface area contributed by atoms with E-state index in [2.05, 4.69) is 16.0 Å². The highest BCUT2D eigenvalue weighted by Crippen LogP contribution is 2.65. The molecular formula is C26H18Cl6FN3O3. The monoisotopic (exact) mass is 649 g/mol. The highest BCUT2D eigenvalue weighted by atomic mass is 35.5. The first-order chi connectivity index (χ1) is 18.4. The van der Waals surface area contributed by atoms with E-state index in [9.17, 15) is 14.0 Å². The molecule has 3 aromatic carbocycles. The summed E-state index contributed by atoms with van der Waals surface area (Å²) in [5, 5.41) is 9.36. The lowest BCUT2D eigenvalue weighted by atomic mass is 10.1. The average Bonchev–Trinajstić information content (AvgIpc) is 3.74. The van der Waals surface area contributed by atoms with Gasteiger partial charge in [0.1, 0.15) is 16.3 Å². The summed E-state index contributed by atoms with van der Waals surface area (Å²) < 4.78 is 18.8. The van der Waals surface area contributed by atoms with Crippen LogP contribution in [0.15, 0.2) is 48.5 Å². The number of carbonyl (C=O) groups is 2. The SMILES string of the molecule is CC(=O)Nc1ccc(NC2OC2c2cc(NC(=O)C3C(c4cc(Cl)c(Cl)c(Cl)c4)C3(Cl)Cl)ccc2Cl)c(F)c1. The van der Waals surface area contributed by atoms with Crippen molar-refractivity contribution < 1.29 is 18.7 Å². The Balaban J connectivity index is 1.26. The van der Waals surface area contributed by atoms with E-state index in [1.54, 1.807) is 36.4 Å². The molecule has 2 aliphatic rings. The number of rotatable bonds is 7. The van der Waals surface area contributed by atoms with E-state index in [1.165, 1.54) is 19.1 Å². The number of epoxide rings is 1. The number of benzene rings is 3. The second-order valence-corrected chi connectivity index (χ2v) is 12.2. The van der Waals surface area contributed by atoms with Gasteiger partial charge in [0.2, 0.25) is 11.8 Å². The molecule has 2 amide bonds. The van der Waals surface area contributed by atoms with Gasteiger partial charge in [-0.25, -0.2) is 4.39 Å². The van der Waals surface area contributed by atoms with Crippen molar-refractivity contribution in [2.45, 2.75) is 29.5 Å². The largest absolute Gasteiger partial charge is 0.355 e. The summed E-state index contributed by atoms with van der Waals surface area (Å²) in [6.07, 6.45) is -1.05. The van der Waals surface area contributed by atoms with Crippen molar-refractivity contribution in [2.24, 2.45) is 5.92 Å². The number of ether oxygens (including phenoxy) is 1. The Hall–Kier alpha value is -1.97. The fourth-order valence-corrected chi connectivity index (χ4v) is 6.07. The van der Waals surface area contributed by atoms with Crippen LogP contribution in [0.2, 0.25) is 20.1 Å². The Bertz CT molecular complexity index is 1480. The third-order valence-corrected chi connectivity index (χ3v) is 8.83. The van der Waals surface area contributed by atoms with Crippen LogP contribution >= 0.6 is 69.6 Å². The van der Waals surface area contributed by atoms with Crippen LogP contribution in [-0.4, -0.2) is 22.4 Å². The van der Waals surface area contributed by atoms with Crippen LogP contribution in [0.4, 0.5) is 21.5 Å². The summed E-state index contributed by atoms with van der Waals surface area (Å²) in [6.45, 7) is 1.34. The minimum Gasteiger partial charge on any atom is -0.355 e. The molecule has 3 aromatic rings. The summed E-state index contributed by atoms with van der Waals surface area (Å²) in [5.41, 5.74) is 2.16. The van der Waals surface area contributed by atoms with Crippen LogP contribution in [0.3, 0.4) is 0 Å². The molecule has 0 aromatic heterocycles. The zero-order valence-electron chi connectivity index (χ0n) is 19.8. The normalized spacial score (nSPS) is 22.7. The molecule has 1 saturated heterocycles. The molecule has 39 heavy (non-hydrogen) atoms. The second-order valence-electron chi connectivity index (χ2n) is 9.15. The molecule has 2 fully saturated rings. The summed E-state index contributed by atoms with van der Waals surface area (Å²) >= 11 is 37.6. The first-order valence-corrected chi connectivity index (χ1v) is 13.7. The summed E-state index contributed by atoms with van der Waals surface area (Å²) in [4.78, 5) is 24.3. The van der Waals surface area contributed by atoms with Gasteiger partial charge in [-0.2, -0.15) is 0 Å². The number of nitrogens with one attached hydrogen (secondary N) is 3. The van der Waals surface area contributed by atoms with E-state index in [0.717, 1.165) is 0 Å². The third-order valence-electron chi connectivity index (χ3n) is 6.35. The number of hydrogen-bond acceptors (Lipinski definition) is 4. The predicted molar refractivity (Wildman–Crippen MR) is 154 cm³/mol. The maximum absolute atomic E-state index is 14.5. The Kier molecular flexibility index (Phi) is 7.90. The third kappa shape index (κ3) is 5.91. The van der Waals surface area contributed by atoms with E-state index in [-0.39, 0.29) is 26.7 Å². The van der Waals surface area contributed by atoms with Crippen LogP contribution in [-0.2, 0) is 14.3 Å². The Labute approximate surface area is 253 Å². The summed E-state index contributed by atoms with van der Waals surface area (Å²) in [6, 6.07) is 12.4. The average molecular weight is 652 g/mol. The first kappa shape index (κ1) is 28.6. The van der Waals surface area contributed by atoms with Gasteiger partial charge in [0.25, 0.3) is 0 Å². The molecule has 1 heterocycles. The molecule has 6 nitrogen and oxygen atoms in total. The molecule has 4 atom stereocenters. The number of amides is 2. The van der Waals surface area contributed by atoms with Gasteiger partial charge in [0.05, 0.1) is 26.7 Å². The molecule has 0 spiro atoms. The number of carbonyl (C=O) groups excluding carboxylic acids is 2. The quantitative estimate of drug-likeness (QED) is 0.136. The molecular weight excluding hydrogens is 634 g/mol. The number of alkyl halides is 2. The zero-order valence-corrected chi connectivity index (χ0v) is 24.3. The summed E-state index contributed by atoms with van der Waals surface area (Å²) in [7, 11) is 0.